The van der Waals surface area contributed by atoms with Crippen molar-refractivity contribution >= 4 is 35.0 Å². The van der Waals surface area contributed by atoms with Crippen molar-refractivity contribution in [2.24, 2.45) is 0 Å². The molecule has 23 heavy (non-hydrogen) atoms. The lowest BCUT2D eigenvalue weighted by Crippen LogP contribution is -2.28. The van der Waals surface area contributed by atoms with E-state index in [-0.39, 0.29) is 16.6 Å². The van der Waals surface area contributed by atoms with Gasteiger partial charge in [-0.2, -0.15) is 0 Å². The third kappa shape index (κ3) is 4.47. The minimum atomic E-state index is -0.853. The van der Waals surface area contributed by atoms with Gasteiger partial charge in [-0.25, -0.2) is 4.79 Å². The number of halogens is 2. The van der Waals surface area contributed by atoms with Crippen LogP contribution in [-0.2, 0) is 4.79 Å². The number of ketones is 1. The number of carbonyl (C=O) groups excluding carboxylic acids is 2. The molecule has 0 saturated carbocycles. The fraction of sp³-hybridized carbons (Fsp3) is 0.176. The summed E-state index contributed by atoms with van der Waals surface area (Å²) in [6, 6.07) is 11.3. The van der Waals surface area contributed by atoms with Gasteiger partial charge in [0.25, 0.3) is 0 Å². The molecule has 4 nitrogen and oxygen atoms in total. The first kappa shape index (κ1) is 17.3. The van der Waals surface area contributed by atoms with Gasteiger partial charge in [0.15, 0.2) is 17.6 Å². The molecule has 0 aromatic heterocycles. The Labute approximate surface area is 143 Å². The topological polar surface area (TPSA) is 52.6 Å². The summed E-state index contributed by atoms with van der Waals surface area (Å²) in [6.45, 7) is 3.03. The summed E-state index contributed by atoms with van der Waals surface area (Å²) in [7, 11) is 0. The molecular weight excluding hydrogens is 339 g/mol. The van der Waals surface area contributed by atoms with Crippen molar-refractivity contribution < 1.29 is 19.1 Å². The third-order valence-electron chi connectivity index (χ3n) is 3.03. The zero-order valence-corrected chi connectivity index (χ0v) is 14.0. The number of rotatable bonds is 5. The van der Waals surface area contributed by atoms with E-state index < -0.39 is 12.1 Å². The lowest BCUT2D eigenvalue weighted by atomic mass is 10.1. The van der Waals surface area contributed by atoms with E-state index in [1.54, 1.807) is 49.4 Å². The van der Waals surface area contributed by atoms with Gasteiger partial charge in [-0.1, -0.05) is 29.3 Å². The molecule has 6 heteroatoms. The van der Waals surface area contributed by atoms with Crippen LogP contribution in [0.25, 0.3) is 0 Å². The largest absolute Gasteiger partial charge is 0.479 e. The average molecular weight is 353 g/mol. The van der Waals surface area contributed by atoms with Crippen molar-refractivity contribution in [1.29, 1.82) is 0 Å². The van der Waals surface area contributed by atoms with Crippen LogP contribution < -0.4 is 9.47 Å². The second-order valence-electron chi connectivity index (χ2n) is 4.81. The van der Waals surface area contributed by atoms with Gasteiger partial charge in [-0.3, -0.25) is 4.79 Å². The second kappa shape index (κ2) is 7.49. The van der Waals surface area contributed by atoms with Crippen LogP contribution in [0, 0.1) is 0 Å². The molecule has 0 spiro atoms. The number of Topliss-reactive ketones (excluding diaryl/α,β-unsaturated/α-hetero) is 1. The minimum Gasteiger partial charge on any atom is -0.479 e. The fourth-order valence-corrected chi connectivity index (χ4v) is 2.11. The molecule has 0 aliphatic carbocycles. The van der Waals surface area contributed by atoms with E-state index >= 15 is 0 Å². The Morgan fingerprint density at radius 2 is 1.70 bits per heavy atom. The van der Waals surface area contributed by atoms with Gasteiger partial charge < -0.3 is 9.47 Å². The first-order chi connectivity index (χ1) is 10.9. The standard InChI is InChI=1S/C17H14Cl2O4/c1-10(20)12-6-8-13(9-7-12)22-11(2)17(21)23-15-5-3-4-14(18)16(15)19/h3-9,11H,1-2H3. The van der Waals surface area contributed by atoms with Gasteiger partial charge in [0.05, 0.1) is 5.02 Å². The minimum absolute atomic E-state index is 0.0420. The van der Waals surface area contributed by atoms with Crippen LogP contribution in [0.1, 0.15) is 24.2 Å². The van der Waals surface area contributed by atoms with Crippen LogP contribution in [0.2, 0.25) is 10.0 Å². The zero-order chi connectivity index (χ0) is 17.0. The molecule has 0 bridgehead atoms. The average Bonchev–Trinajstić information content (AvgIpc) is 2.52. The molecule has 0 fully saturated rings. The molecule has 0 heterocycles. The second-order valence-corrected chi connectivity index (χ2v) is 5.60. The molecule has 0 amide bonds. The molecular formula is C17H14Cl2O4. The van der Waals surface area contributed by atoms with Crippen molar-refractivity contribution in [1.82, 2.24) is 0 Å². The first-order valence-electron chi connectivity index (χ1n) is 6.82. The van der Waals surface area contributed by atoms with Crippen molar-refractivity contribution in [3.8, 4) is 11.5 Å². The number of ether oxygens (including phenoxy) is 2. The highest BCUT2D eigenvalue weighted by atomic mass is 35.5. The summed E-state index contributed by atoms with van der Waals surface area (Å²) >= 11 is 11.8. The van der Waals surface area contributed by atoms with Crippen LogP contribution in [0.5, 0.6) is 11.5 Å². The zero-order valence-electron chi connectivity index (χ0n) is 12.5. The Morgan fingerprint density at radius 3 is 2.30 bits per heavy atom. The maximum absolute atomic E-state index is 12.1. The van der Waals surface area contributed by atoms with E-state index in [1.807, 2.05) is 0 Å². The number of carbonyl (C=O) groups is 2. The Hall–Kier alpha value is -2.04. The highest BCUT2D eigenvalue weighted by Gasteiger charge is 2.19. The number of esters is 1. The Bertz CT molecular complexity index is 726. The molecule has 1 unspecified atom stereocenters. The van der Waals surface area contributed by atoms with E-state index in [1.165, 1.54) is 6.92 Å². The van der Waals surface area contributed by atoms with Crippen LogP contribution in [0.15, 0.2) is 42.5 Å². The maximum Gasteiger partial charge on any atom is 0.352 e. The summed E-state index contributed by atoms with van der Waals surface area (Å²) in [5.74, 6) is -0.0207. The van der Waals surface area contributed by atoms with Gasteiger partial charge in [-0.15, -0.1) is 0 Å². The van der Waals surface area contributed by atoms with Gasteiger partial charge in [0.2, 0.25) is 0 Å². The van der Waals surface area contributed by atoms with Crippen molar-refractivity contribution in [2.75, 3.05) is 0 Å². The van der Waals surface area contributed by atoms with Crippen LogP contribution in [0.4, 0.5) is 0 Å². The Balaban J connectivity index is 2.02. The summed E-state index contributed by atoms with van der Waals surface area (Å²) in [4.78, 5) is 23.3. The molecule has 0 aliphatic heterocycles. The van der Waals surface area contributed by atoms with E-state index in [9.17, 15) is 9.59 Å². The SMILES string of the molecule is CC(=O)c1ccc(OC(C)C(=O)Oc2cccc(Cl)c2Cl)cc1. The quantitative estimate of drug-likeness (QED) is 0.449. The third-order valence-corrected chi connectivity index (χ3v) is 3.83. The van der Waals surface area contributed by atoms with E-state index in [2.05, 4.69) is 0 Å². The summed E-state index contributed by atoms with van der Waals surface area (Å²) in [5, 5.41) is 0.464. The molecule has 120 valence electrons. The lowest BCUT2D eigenvalue weighted by Gasteiger charge is -2.14. The van der Waals surface area contributed by atoms with Gasteiger partial charge in [0.1, 0.15) is 10.8 Å². The van der Waals surface area contributed by atoms with Gasteiger partial charge >= 0.3 is 5.97 Å². The number of hydrogen-bond acceptors (Lipinski definition) is 4. The molecule has 0 radical (unpaired) electrons. The predicted molar refractivity (Wildman–Crippen MR) is 88.6 cm³/mol. The smallest absolute Gasteiger partial charge is 0.352 e. The predicted octanol–water partition coefficient (Wildman–Crippen LogP) is 4.57. The van der Waals surface area contributed by atoms with E-state index in [4.69, 9.17) is 32.7 Å². The van der Waals surface area contributed by atoms with Crippen molar-refractivity contribution in [3.05, 3.63) is 58.1 Å². The summed E-state index contributed by atoms with van der Waals surface area (Å²) in [6.07, 6.45) is -0.853. The maximum atomic E-state index is 12.1. The summed E-state index contributed by atoms with van der Waals surface area (Å²) in [5.41, 5.74) is 0.568. The Kier molecular flexibility index (Phi) is 5.64. The first-order valence-corrected chi connectivity index (χ1v) is 7.57. The van der Waals surface area contributed by atoms with E-state index in [0.717, 1.165) is 0 Å². The van der Waals surface area contributed by atoms with Crippen molar-refractivity contribution in [2.45, 2.75) is 20.0 Å². The molecule has 0 saturated heterocycles. The monoisotopic (exact) mass is 352 g/mol. The van der Waals surface area contributed by atoms with Crippen LogP contribution in [0.3, 0.4) is 0 Å². The molecule has 0 N–H and O–H groups in total. The molecule has 2 aromatic carbocycles. The number of hydrogen-bond donors (Lipinski definition) is 0. The van der Waals surface area contributed by atoms with Crippen LogP contribution >= 0.6 is 23.2 Å². The van der Waals surface area contributed by atoms with Gasteiger partial charge in [0, 0.05) is 5.56 Å². The highest BCUT2D eigenvalue weighted by molar-refractivity contribution is 6.43. The fourth-order valence-electron chi connectivity index (χ4n) is 1.77. The molecule has 1 atom stereocenters. The Morgan fingerprint density at radius 1 is 1.04 bits per heavy atom. The molecule has 0 aliphatic rings. The lowest BCUT2D eigenvalue weighted by molar-refractivity contribution is -0.141. The summed E-state index contributed by atoms with van der Waals surface area (Å²) < 4.78 is 10.7. The van der Waals surface area contributed by atoms with E-state index in [0.29, 0.717) is 16.3 Å². The highest BCUT2D eigenvalue weighted by Crippen LogP contribution is 2.31. The van der Waals surface area contributed by atoms with Gasteiger partial charge in [-0.05, 0) is 50.2 Å². The molecule has 2 rings (SSSR count). The number of benzene rings is 2. The van der Waals surface area contributed by atoms with Crippen LogP contribution in [-0.4, -0.2) is 17.9 Å². The van der Waals surface area contributed by atoms with Crippen molar-refractivity contribution in [3.63, 3.8) is 0 Å². The molecule has 2 aromatic rings. The normalized spacial score (nSPS) is 11.7.